The number of hydrogen-bond acceptors (Lipinski definition) is 2. The molecule has 0 atom stereocenters. The van der Waals surface area contributed by atoms with Crippen LogP contribution in [0.25, 0.3) is 10.4 Å². The molecule has 0 unspecified atom stereocenters. The normalized spacial score (nSPS) is 8.36. The first-order chi connectivity index (χ1) is 6.75. The van der Waals surface area contributed by atoms with Crippen LogP contribution in [0, 0.1) is 17.7 Å². The second-order valence-corrected chi connectivity index (χ2v) is 2.33. The number of azide groups is 1. The molecule has 0 heterocycles. The number of rotatable bonds is 1. The van der Waals surface area contributed by atoms with Crippen molar-refractivity contribution in [3.63, 3.8) is 0 Å². The Morgan fingerprint density at radius 2 is 2.36 bits per heavy atom. The van der Waals surface area contributed by atoms with Crippen LogP contribution >= 0.6 is 0 Å². The minimum absolute atomic E-state index is 0.0222. The van der Waals surface area contributed by atoms with E-state index in [2.05, 4.69) is 21.9 Å². The van der Waals surface area contributed by atoms with E-state index in [1.807, 2.05) is 0 Å². The highest BCUT2D eigenvalue weighted by atomic mass is 19.1. The van der Waals surface area contributed by atoms with Crippen molar-refractivity contribution in [1.29, 1.82) is 0 Å². The number of phenols is 1. The van der Waals surface area contributed by atoms with Gasteiger partial charge < -0.3 is 5.11 Å². The summed E-state index contributed by atoms with van der Waals surface area (Å²) in [6.07, 6.45) is 0. The van der Waals surface area contributed by atoms with Crippen molar-refractivity contribution in [3.8, 4) is 17.6 Å². The second kappa shape index (κ2) is 4.75. The molecule has 1 N–H and O–H groups in total. The number of phenolic OH excluding ortho intramolecular Hbond substituents is 1. The standard InChI is InChI=1S/C9H6FN3O/c10-9-7(3-1-5-8(9)14)4-2-6-12-13-11/h1,3,5,14H,6H2. The highest BCUT2D eigenvalue weighted by molar-refractivity contribution is 5.41. The van der Waals surface area contributed by atoms with Crippen molar-refractivity contribution in [2.24, 2.45) is 5.11 Å². The fourth-order valence-corrected chi connectivity index (χ4v) is 0.818. The Kier molecular flexibility index (Phi) is 3.36. The molecule has 1 aromatic carbocycles. The third-order valence-electron chi connectivity index (χ3n) is 1.41. The maximum atomic E-state index is 13.1. The van der Waals surface area contributed by atoms with E-state index in [9.17, 15) is 4.39 Å². The lowest BCUT2D eigenvalue weighted by atomic mass is 10.2. The van der Waals surface area contributed by atoms with Gasteiger partial charge in [-0.3, -0.25) is 0 Å². The maximum Gasteiger partial charge on any atom is 0.180 e. The van der Waals surface area contributed by atoms with Crippen LogP contribution < -0.4 is 0 Å². The monoisotopic (exact) mass is 191 g/mol. The predicted molar refractivity (Wildman–Crippen MR) is 49.0 cm³/mol. The molecule has 0 bridgehead atoms. The van der Waals surface area contributed by atoms with Crippen molar-refractivity contribution in [2.75, 3.05) is 6.54 Å². The molecule has 0 saturated heterocycles. The smallest absolute Gasteiger partial charge is 0.180 e. The number of aromatic hydroxyl groups is 1. The van der Waals surface area contributed by atoms with Gasteiger partial charge in [0.2, 0.25) is 0 Å². The summed E-state index contributed by atoms with van der Waals surface area (Å²) >= 11 is 0. The molecule has 70 valence electrons. The van der Waals surface area contributed by atoms with Crippen molar-refractivity contribution in [1.82, 2.24) is 0 Å². The van der Waals surface area contributed by atoms with E-state index in [1.165, 1.54) is 18.2 Å². The molecule has 1 rings (SSSR count). The van der Waals surface area contributed by atoms with Crippen LogP contribution in [-0.2, 0) is 0 Å². The van der Waals surface area contributed by atoms with E-state index < -0.39 is 11.6 Å². The summed E-state index contributed by atoms with van der Waals surface area (Å²) in [5, 5.41) is 12.1. The average Bonchev–Trinajstić information content (AvgIpc) is 2.19. The highest BCUT2D eigenvalue weighted by Crippen LogP contribution is 2.17. The summed E-state index contributed by atoms with van der Waals surface area (Å²) in [5.74, 6) is 3.68. The Bertz CT molecular complexity index is 441. The number of hydrogen-bond donors (Lipinski definition) is 1. The van der Waals surface area contributed by atoms with E-state index in [0.717, 1.165) is 0 Å². The Morgan fingerprint density at radius 3 is 3.07 bits per heavy atom. The fourth-order valence-electron chi connectivity index (χ4n) is 0.818. The van der Waals surface area contributed by atoms with Crippen LogP contribution in [0.1, 0.15) is 5.56 Å². The molecular weight excluding hydrogens is 185 g/mol. The van der Waals surface area contributed by atoms with Crippen LogP contribution in [0.5, 0.6) is 5.75 Å². The van der Waals surface area contributed by atoms with Crippen molar-refractivity contribution >= 4 is 0 Å². The number of halogens is 1. The van der Waals surface area contributed by atoms with Gasteiger partial charge >= 0.3 is 0 Å². The molecule has 0 radical (unpaired) electrons. The van der Waals surface area contributed by atoms with Crippen LogP contribution in [-0.4, -0.2) is 11.7 Å². The van der Waals surface area contributed by atoms with E-state index >= 15 is 0 Å². The Balaban J connectivity index is 2.89. The third-order valence-corrected chi connectivity index (χ3v) is 1.41. The zero-order chi connectivity index (χ0) is 10.4. The molecule has 0 aromatic heterocycles. The zero-order valence-corrected chi connectivity index (χ0v) is 7.11. The molecule has 0 aliphatic heterocycles. The van der Waals surface area contributed by atoms with Crippen molar-refractivity contribution in [3.05, 3.63) is 40.0 Å². The Hall–Kier alpha value is -2.18. The Morgan fingerprint density at radius 1 is 1.57 bits per heavy atom. The van der Waals surface area contributed by atoms with E-state index in [-0.39, 0.29) is 12.1 Å². The van der Waals surface area contributed by atoms with Gasteiger partial charge in [-0.05, 0) is 17.7 Å². The van der Waals surface area contributed by atoms with Gasteiger partial charge in [0.1, 0.15) is 0 Å². The van der Waals surface area contributed by atoms with Crippen molar-refractivity contribution in [2.45, 2.75) is 0 Å². The van der Waals surface area contributed by atoms with E-state index in [1.54, 1.807) is 0 Å². The average molecular weight is 191 g/mol. The number of benzene rings is 1. The molecule has 0 amide bonds. The van der Waals surface area contributed by atoms with Gasteiger partial charge in [-0.25, -0.2) is 4.39 Å². The molecule has 0 fully saturated rings. The predicted octanol–water partition coefficient (Wildman–Crippen LogP) is 2.19. The molecule has 1 aromatic rings. The van der Waals surface area contributed by atoms with Crippen LogP contribution in [0.3, 0.4) is 0 Å². The fraction of sp³-hybridized carbons (Fsp3) is 0.111. The largest absolute Gasteiger partial charge is 0.505 e. The van der Waals surface area contributed by atoms with Gasteiger partial charge in [0, 0.05) is 4.91 Å². The van der Waals surface area contributed by atoms with Crippen LogP contribution in [0.4, 0.5) is 4.39 Å². The summed E-state index contributed by atoms with van der Waals surface area (Å²) in [4.78, 5) is 2.49. The molecular formula is C9H6FN3O. The van der Waals surface area contributed by atoms with Crippen LogP contribution in [0.2, 0.25) is 0 Å². The lowest BCUT2D eigenvalue weighted by Crippen LogP contribution is -1.83. The van der Waals surface area contributed by atoms with Gasteiger partial charge in [-0.1, -0.05) is 23.0 Å². The van der Waals surface area contributed by atoms with E-state index in [4.69, 9.17) is 10.6 Å². The van der Waals surface area contributed by atoms with Gasteiger partial charge in [-0.2, -0.15) is 0 Å². The topological polar surface area (TPSA) is 69.0 Å². The molecule has 0 saturated carbocycles. The van der Waals surface area contributed by atoms with Gasteiger partial charge in [0.15, 0.2) is 11.6 Å². The summed E-state index contributed by atoms with van der Waals surface area (Å²) in [7, 11) is 0. The summed E-state index contributed by atoms with van der Waals surface area (Å²) in [5.41, 5.74) is 8.02. The summed E-state index contributed by atoms with van der Waals surface area (Å²) in [6.45, 7) is -0.0222. The van der Waals surface area contributed by atoms with Gasteiger partial charge in [0.05, 0.1) is 12.1 Å². The lowest BCUT2D eigenvalue weighted by molar-refractivity contribution is 0.431. The molecule has 4 nitrogen and oxygen atoms in total. The molecule has 14 heavy (non-hydrogen) atoms. The van der Waals surface area contributed by atoms with Gasteiger partial charge in [0.25, 0.3) is 0 Å². The minimum Gasteiger partial charge on any atom is -0.505 e. The molecule has 0 aliphatic rings. The zero-order valence-electron chi connectivity index (χ0n) is 7.11. The van der Waals surface area contributed by atoms with Crippen LogP contribution in [0.15, 0.2) is 23.3 Å². The molecule has 5 heteroatoms. The van der Waals surface area contributed by atoms with Crippen molar-refractivity contribution < 1.29 is 9.50 Å². The van der Waals surface area contributed by atoms with E-state index in [0.29, 0.717) is 0 Å². The molecule has 0 spiro atoms. The number of nitrogens with zero attached hydrogens (tertiary/aromatic N) is 3. The first-order valence-corrected chi connectivity index (χ1v) is 3.73. The summed E-state index contributed by atoms with van der Waals surface area (Å²) in [6, 6.07) is 4.14. The SMILES string of the molecule is [N-]=[N+]=NCC#Cc1cccc(O)c1F. The lowest BCUT2D eigenvalue weighted by Gasteiger charge is -1.95. The van der Waals surface area contributed by atoms with Gasteiger partial charge in [-0.15, -0.1) is 0 Å². The highest BCUT2D eigenvalue weighted by Gasteiger charge is 2.02. The third kappa shape index (κ3) is 2.41. The first-order valence-electron chi connectivity index (χ1n) is 3.73. The summed E-state index contributed by atoms with van der Waals surface area (Å²) < 4.78 is 13.1. The minimum atomic E-state index is -0.763. The quantitative estimate of drug-likeness (QED) is 0.314. The second-order valence-electron chi connectivity index (χ2n) is 2.33. The maximum absolute atomic E-state index is 13.1. The molecule has 0 aliphatic carbocycles. The Labute approximate surface area is 79.6 Å². The first kappa shape index (κ1) is 9.90.